The van der Waals surface area contributed by atoms with Gasteiger partial charge in [-0.1, -0.05) is 0 Å². The molecule has 2 heterocycles. The van der Waals surface area contributed by atoms with Gasteiger partial charge in [0.05, 0.1) is 23.1 Å². The van der Waals surface area contributed by atoms with Gasteiger partial charge in [0.2, 0.25) is 5.91 Å². The molecular formula is C16H25N3O4S. The van der Waals surface area contributed by atoms with Gasteiger partial charge in [0, 0.05) is 37.9 Å². The van der Waals surface area contributed by atoms with Crippen LogP contribution in [0.2, 0.25) is 0 Å². The van der Waals surface area contributed by atoms with E-state index in [1.165, 1.54) is 11.9 Å². The third-order valence-corrected chi connectivity index (χ3v) is 6.31. The number of rotatable bonds is 4. The van der Waals surface area contributed by atoms with Crippen molar-refractivity contribution in [3.05, 3.63) is 23.0 Å². The summed E-state index contributed by atoms with van der Waals surface area (Å²) in [6.45, 7) is 6.73. The first kappa shape index (κ1) is 18.5. The highest BCUT2D eigenvalue weighted by atomic mass is 32.2. The fraction of sp³-hybridized carbons (Fsp3) is 0.625. The second-order valence-electron chi connectivity index (χ2n) is 6.17. The minimum absolute atomic E-state index is 0.00597. The second kappa shape index (κ2) is 6.96. The fourth-order valence-corrected chi connectivity index (χ4v) is 4.82. The van der Waals surface area contributed by atoms with Gasteiger partial charge in [-0.2, -0.15) is 0 Å². The molecule has 1 atom stereocenters. The Kier molecular flexibility index (Phi) is 5.37. The quantitative estimate of drug-likeness (QED) is 0.852. The van der Waals surface area contributed by atoms with Crippen LogP contribution >= 0.6 is 0 Å². The Balaban J connectivity index is 2.33. The first-order valence-electron chi connectivity index (χ1n) is 8.08. The van der Waals surface area contributed by atoms with E-state index in [1.54, 1.807) is 0 Å². The first-order valence-corrected chi connectivity index (χ1v) is 9.91. The number of hydrogen-bond acceptors (Lipinski definition) is 4. The van der Waals surface area contributed by atoms with Crippen LogP contribution in [-0.2, 0) is 21.2 Å². The molecule has 1 saturated heterocycles. The van der Waals surface area contributed by atoms with Crippen LogP contribution in [0, 0.1) is 13.8 Å². The number of aryl methyl sites for hydroxylation is 1. The highest BCUT2D eigenvalue weighted by Crippen LogP contribution is 2.22. The maximum absolute atomic E-state index is 13.0. The lowest BCUT2D eigenvalue weighted by Crippen LogP contribution is -2.52. The monoisotopic (exact) mass is 355 g/mol. The van der Waals surface area contributed by atoms with Crippen LogP contribution < -0.4 is 5.32 Å². The molecule has 8 heteroatoms. The normalized spacial score (nSPS) is 20.0. The Hall–Kier alpha value is -1.83. The van der Waals surface area contributed by atoms with Crippen molar-refractivity contribution in [2.75, 3.05) is 25.1 Å². The molecule has 2 amide bonds. The van der Waals surface area contributed by atoms with Crippen molar-refractivity contribution < 1.29 is 18.0 Å². The lowest BCUT2D eigenvalue weighted by atomic mass is 10.1. The summed E-state index contributed by atoms with van der Waals surface area (Å²) in [4.78, 5) is 26.2. The Labute approximate surface area is 142 Å². The van der Waals surface area contributed by atoms with E-state index in [4.69, 9.17) is 0 Å². The minimum atomic E-state index is -3.23. The van der Waals surface area contributed by atoms with Crippen LogP contribution in [0.25, 0.3) is 0 Å². The number of sulfone groups is 1. The van der Waals surface area contributed by atoms with Gasteiger partial charge in [0.15, 0.2) is 9.84 Å². The van der Waals surface area contributed by atoms with E-state index in [0.717, 1.165) is 17.9 Å². The van der Waals surface area contributed by atoms with Gasteiger partial charge in [-0.3, -0.25) is 9.59 Å². The average molecular weight is 355 g/mol. The van der Waals surface area contributed by atoms with Gasteiger partial charge in [-0.25, -0.2) is 8.42 Å². The van der Waals surface area contributed by atoms with Crippen molar-refractivity contribution in [1.29, 1.82) is 0 Å². The minimum Gasteiger partial charge on any atom is -0.359 e. The zero-order valence-electron chi connectivity index (χ0n) is 14.6. The van der Waals surface area contributed by atoms with Crippen molar-refractivity contribution in [1.82, 2.24) is 14.8 Å². The maximum atomic E-state index is 13.0. The van der Waals surface area contributed by atoms with Crippen molar-refractivity contribution in [2.45, 2.75) is 39.8 Å². The molecule has 0 saturated carbocycles. The van der Waals surface area contributed by atoms with Crippen LogP contribution in [-0.4, -0.2) is 60.8 Å². The summed E-state index contributed by atoms with van der Waals surface area (Å²) in [6.07, 6.45) is -0.00597. The Morgan fingerprint density at radius 2 is 2.00 bits per heavy atom. The fourth-order valence-electron chi connectivity index (χ4n) is 3.30. The summed E-state index contributed by atoms with van der Waals surface area (Å²) in [5.74, 6) is -0.700. The van der Waals surface area contributed by atoms with Crippen molar-refractivity contribution in [3.63, 3.8) is 0 Å². The number of amides is 2. The summed E-state index contributed by atoms with van der Waals surface area (Å²) >= 11 is 0. The van der Waals surface area contributed by atoms with Crippen LogP contribution in [0.3, 0.4) is 0 Å². The largest absolute Gasteiger partial charge is 0.359 e. The second-order valence-corrected chi connectivity index (χ2v) is 8.40. The van der Waals surface area contributed by atoms with Crippen molar-refractivity contribution >= 4 is 21.7 Å². The summed E-state index contributed by atoms with van der Waals surface area (Å²) in [5.41, 5.74) is 2.44. The Morgan fingerprint density at radius 3 is 2.54 bits per heavy atom. The summed E-state index contributed by atoms with van der Waals surface area (Å²) < 4.78 is 25.9. The van der Waals surface area contributed by atoms with Gasteiger partial charge in [-0.15, -0.1) is 0 Å². The van der Waals surface area contributed by atoms with E-state index in [-0.39, 0.29) is 36.3 Å². The molecular weight excluding hydrogens is 330 g/mol. The van der Waals surface area contributed by atoms with Gasteiger partial charge < -0.3 is 14.8 Å². The molecule has 0 radical (unpaired) electrons. The molecule has 1 N–H and O–H groups in total. The Bertz CT molecular complexity index is 752. The average Bonchev–Trinajstić information content (AvgIpc) is 2.80. The van der Waals surface area contributed by atoms with E-state index in [0.29, 0.717) is 5.56 Å². The van der Waals surface area contributed by atoms with Crippen molar-refractivity contribution in [3.8, 4) is 0 Å². The highest BCUT2D eigenvalue weighted by Gasteiger charge is 2.36. The molecule has 1 fully saturated rings. The van der Waals surface area contributed by atoms with Gasteiger partial charge in [0.1, 0.15) is 0 Å². The highest BCUT2D eigenvalue weighted by molar-refractivity contribution is 7.91. The molecule has 1 aliphatic heterocycles. The zero-order chi connectivity index (χ0) is 18.1. The predicted octanol–water partition coefficient (Wildman–Crippen LogP) is 0.500. The van der Waals surface area contributed by atoms with E-state index in [1.807, 2.05) is 31.4 Å². The molecule has 1 unspecified atom stereocenters. The van der Waals surface area contributed by atoms with Crippen LogP contribution in [0.5, 0.6) is 0 Å². The zero-order valence-corrected chi connectivity index (χ0v) is 15.4. The number of nitrogens with zero attached hydrogens (tertiary/aromatic N) is 2. The molecule has 24 heavy (non-hydrogen) atoms. The van der Waals surface area contributed by atoms with E-state index in [2.05, 4.69) is 5.32 Å². The summed E-state index contributed by atoms with van der Waals surface area (Å²) in [7, 11) is -1.73. The number of aromatic nitrogens is 1. The predicted molar refractivity (Wildman–Crippen MR) is 91.7 cm³/mol. The smallest absolute Gasteiger partial charge is 0.256 e. The lowest BCUT2D eigenvalue weighted by Gasteiger charge is -2.35. The molecule has 0 spiro atoms. The molecule has 1 aromatic heterocycles. The van der Waals surface area contributed by atoms with E-state index in [9.17, 15) is 18.0 Å². The molecule has 1 aromatic rings. The maximum Gasteiger partial charge on any atom is 0.256 e. The molecule has 7 nitrogen and oxygen atoms in total. The SMILES string of the molecule is CCn1c(C)cc(C(=O)N2CCS(=O)(=O)CC2CC(=O)NC)c1C. The molecule has 0 aliphatic carbocycles. The number of carbonyl (C=O) groups is 2. The van der Waals surface area contributed by atoms with E-state index >= 15 is 0 Å². The summed E-state index contributed by atoms with van der Waals surface area (Å²) in [6, 6.07) is 1.21. The number of carbonyl (C=O) groups excluding carboxylic acids is 2. The molecule has 1 aliphatic rings. The van der Waals surface area contributed by atoms with Gasteiger partial charge in [0.25, 0.3) is 5.91 Å². The number of hydrogen-bond donors (Lipinski definition) is 1. The van der Waals surface area contributed by atoms with Crippen LogP contribution in [0.15, 0.2) is 6.07 Å². The van der Waals surface area contributed by atoms with E-state index < -0.39 is 15.9 Å². The first-order chi connectivity index (χ1) is 11.2. The molecule has 134 valence electrons. The third kappa shape index (κ3) is 3.63. The lowest BCUT2D eigenvalue weighted by molar-refractivity contribution is -0.121. The summed E-state index contributed by atoms with van der Waals surface area (Å²) in [5, 5.41) is 2.50. The third-order valence-electron chi connectivity index (χ3n) is 4.61. The topological polar surface area (TPSA) is 88.5 Å². The molecule has 2 rings (SSSR count). The van der Waals surface area contributed by atoms with Gasteiger partial charge >= 0.3 is 0 Å². The van der Waals surface area contributed by atoms with Crippen molar-refractivity contribution in [2.24, 2.45) is 0 Å². The van der Waals surface area contributed by atoms with Crippen LogP contribution in [0.4, 0.5) is 0 Å². The molecule has 0 aromatic carbocycles. The number of nitrogens with one attached hydrogen (secondary N) is 1. The Morgan fingerprint density at radius 1 is 1.33 bits per heavy atom. The van der Waals surface area contributed by atoms with Gasteiger partial charge in [-0.05, 0) is 26.8 Å². The standard InChI is InChI=1S/C16H25N3O4S/c1-5-18-11(2)8-14(12(18)3)16(21)19-6-7-24(22,23)10-13(19)9-15(20)17-4/h8,13H,5-7,9-10H2,1-4H3,(H,17,20). The molecule has 0 bridgehead atoms. The van der Waals surface area contributed by atoms with Crippen LogP contribution in [0.1, 0.15) is 35.1 Å².